The SMILES string of the molecule is CCCCCCC/C=C\C/C=C\CCCCCCCCCCCCCCCCCCCCCCCCCCCCCCCC(=O)NC(CO)C(O)/C=C/CC/C=C/CCCCCCCCCCCCCCCCC. The van der Waals surface area contributed by atoms with Crippen LogP contribution >= 0.6 is 0 Å². The van der Waals surface area contributed by atoms with Crippen LogP contribution in [-0.2, 0) is 4.79 Å². The third-order valence-electron chi connectivity index (χ3n) is 15.8. The molecule has 4 heteroatoms. The number of hydrogen-bond donors (Lipinski definition) is 3. The molecule has 74 heavy (non-hydrogen) atoms. The summed E-state index contributed by atoms with van der Waals surface area (Å²) in [6.07, 6.45) is 92.0. The van der Waals surface area contributed by atoms with Gasteiger partial charge in [0.15, 0.2) is 0 Å². The Morgan fingerprint density at radius 3 is 0.865 bits per heavy atom. The van der Waals surface area contributed by atoms with Gasteiger partial charge in [0, 0.05) is 6.42 Å². The van der Waals surface area contributed by atoms with E-state index in [-0.39, 0.29) is 12.5 Å². The van der Waals surface area contributed by atoms with Crippen LogP contribution in [0.25, 0.3) is 0 Å². The van der Waals surface area contributed by atoms with Crippen LogP contribution in [0.2, 0.25) is 0 Å². The number of nitrogens with one attached hydrogen (secondary N) is 1. The molecular weight excluding hydrogens is 903 g/mol. The van der Waals surface area contributed by atoms with Crippen LogP contribution in [0.3, 0.4) is 0 Å². The maximum atomic E-state index is 12.5. The first-order valence-electron chi connectivity index (χ1n) is 33.9. The van der Waals surface area contributed by atoms with E-state index in [9.17, 15) is 15.0 Å². The van der Waals surface area contributed by atoms with Crippen LogP contribution in [-0.4, -0.2) is 34.9 Å². The monoisotopic (exact) mass is 1040 g/mol. The van der Waals surface area contributed by atoms with E-state index in [1.54, 1.807) is 6.08 Å². The van der Waals surface area contributed by atoms with Crippen molar-refractivity contribution in [3.63, 3.8) is 0 Å². The van der Waals surface area contributed by atoms with E-state index >= 15 is 0 Å². The quantitative estimate of drug-likeness (QED) is 0.0420. The standard InChI is InChI=1S/C70H133NO3/c1-3-5-7-9-11-13-15-17-19-21-23-25-26-27-28-29-30-31-32-33-34-35-36-37-38-39-40-41-42-43-44-46-48-50-52-54-56-58-60-62-64-66-70(74)71-68(67-72)69(73)65-63-61-59-57-55-53-51-49-47-45-24-22-20-18-16-14-12-10-8-6-4-2/h15,17,21,23,55,57,63,65,68-69,72-73H,3-14,16,18-20,22,24-54,56,58-62,64,66-67H2,1-2H3,(H,71,74)/b17-15-,23-21-,57-55+,65-63+. The fourth-order valence-corrected chi connectivity index (χ4v) is 10.6. The fourth-order valence-electron chi connectivity index (χ4n) is 10.6. The number of hydrogen-bond acceptors (Lipinski definition) is 3. The Bertz CT molecular complexity index is 1170. The normalized spacial score (nSPS) is 13.0. The van der Waals surface area contributed by atoms with Crippen molar-refractivity contribution >= 4 is 5.91 Å². The molecule has 2 atom stereocenters. The first-order valence-corrected chi connectivity index (χ1v) is 33.9. The molecule has 0 aliphatic heterocycles. The predicted octanol–water partition coefficient (Wildman–Crippen LogP) is 22.9. The van der Waals surface area contributed by atoms with Crippen molar-refractivity contribution < 1.29 is 15.0 Å². The number of rotatable bonds is 63. The predicted molar refractivity (Wildman–Crippen MR) is 331 cm³/mol. The van der Waals surface area contributed by atoms with E-state index < -0.39 is 12.1 Å². The highest BCUT2D eigenvalue weighted by Gasteiger charge is 2.18. The van der Waals surface area contributed by atoms with Crippen molar-refractivity contribution in [2.24, 2.45) is 0 Å². The third kappa shape index (κ3) is 61.2. The minimum atomic E-state index is -0.862. The molecule has 0 saturated heterocycles. The number of allylic oxidation sites excluding steroid dienone is 7. The molecule has 0 heterocycles. The first kappa shape index (κ1) is 72.3. The summed E-state index contributed by atoms with van der Waals surface area (Å²) in [6.45, 7) is 4.32. The molecule has 1 amide bonds. The van der Waals surface area contributed by atoms with E-state index in [1.165, 1.54) is 315 Å². The van der Waals surface area contributed by atoms with Crippen LogP contribution in [0.4, 0.5) is 0 Å². The molecule has 4 nitrogen and oxygen atoms in total. The van der Waals surface area contributed by atoms with Crippen molar-refractivity contribution in [2.45, 2.75) is 386 Å². The summed E-state index contributed by atoms with van der Waals surface area (Å²) in [5.41, 5.74) is 0. The Balaban J connectivity index is 3.40. The number of aliphatic hydroxyl groups excluding tert-OH is 2. The lowest BCUT2D eigenvalue weighted by atomic mass is 10.0. The Morgan fingerprint density at radius 2 is 0.568 bits per heavy atom. The number of amides is 1. The zero-order chi connectivity index (χ0) is 53.4. The summed E-state index contributed by atoms with van der Waals surface area (Å²) in [5.74, 6) is -0.0665. The fraction of sp³-hybridized carbons (Fsp3) is 0.871. The van der Waals surface area contributed by atoms with Gasteiger partial charge in [-0.3, -0.25) is 4.79 Å². The third-order valence-corrected chi connectivity index (χ3v) is 15.8. The molecule has 0 aromatic heterocycles. The molecule has 436 valence electrons. The Hall–Kier alpha value is -1.65. The van der Waals surface area contributed by atoms with Gasteiger partial charge in [0.05, 0.1) is 18.8 Å². The van der Waals surface area contributed by atoms with Crippen molar-refractivity contribution in [3.8, 4) is 0 Å². The van der Waals surface area contributed by atoms with E-state index in [0.717, 1.165) is 38.5 Å². The Labute approximate surface area is 464 Å². The zero-order valence-corrected chi connectivity index (χ0v) is 50.4. The van der Waals surface area contributed by atoms with E-state index in [2.05, 4.69) is 55.6 Å². The van der Waals surface area contributed by atoms with Gasteiger partial charge in [-0.2, -0.15) is 0 Å². The molecule has 0 fully saturated rings. The van der Waals surface area contributed by atoms with Crippen LogP contribution < -0.4 is 5.32 Å². The van der Waals surface area contributed by atoms with Crippen molar-refractivity contribution in [1.82, 2.24) is 5.32 Å². The van der Waals surface area contributed by atoms with Crippen LogP contribution in [0.5, 0.6) is 0 Å². The van der Waals surface area contributed by atoms with Gasteiger partial charge < -0.3 is 15.5 Å². The molecule has 0 rings (SSSR count). The van der Waals surface area contributed by atoms with Gasteiger partial charge >= 0.3 is 0 Å². The lowest BCUT2D eigenvalue weighted by Gasteiger charge is -2.19. The minimum Gasteiger partial charge on any atom is -0.394 e. The molecule has 0 aromatic carbocycles. The topological polar surface area (TPSA) is 69.6 Å². The van der Waals surface area contributed by atoms with Gasteiger partial charge in [-0.1, -0.05) is 351 Å². The second-order valence-electron chi connectivity index (χ2n) is 23.2. The molecular formula is C70H133NO3. The zero-order valence-electron chi connectivity index (χ0n) is 50.4. The molecule has 0 radical (unpaired) electrons. The molecule has 3 N–H and O–H groups in total. The maximum Gasteiger partial charge on any atom is 0.220 e. The number of carbonyl (C=O) groups is 1. The molecule has 0 aromatic rings. The average molecular weight is 1040 g/mol. The molecule has 0 saturated carbocycles. The molecule has 0 spiro atoms. The van der Waals surface area contributed by atoms with Crippen LogP contribution in [0.1, 0.15) is 373 Å². The van der Waals surface area contributed by atoms with Gasteiger partial charge in [0.2, 0.25) is 5.91 Å². The molecule has 2 unspecified atom stereocenters. The summed E-state index contributed by atoms with van der Waals surface area (Å²) >= 11 is 0. The van der Waals surface area contributed by atoms with Crippen molar-refractivity contribution in [1.29, 1.82) is 0 Å². The molecule has 0 bridgehead atoms. The van der Waals surface area contributed by atoms with Crippen LogP contribution in [0, 0.1) is 0 Å². The number of aliphatic hydroxyl groups is 2. The second-order valence-corrected chi connectivity index (χ2v) is 23.2. The van der Waals surface area contributed by atoms with Crippen molar-refractivity contribution in [3.05, 3.63) is 48.6 Å². The number of unbranched alkanes of at least 4 members (excludes halogenated alkanes) is 50. The summed E-state index contributed by atoms with van der Waals surface area (Å²) in [4.78, 5) is 12.5. The summed E-state index contributed by atoms with van der Waals surface area (Å²) in [5, 5.41) is 23.2. The average Bonchev–Trinajstić information content (AvgIpc) is 3.40. The second kappa shape index (κ2) is 65.6. The summed E-state index contributed by atoms with van der Waals surface area (Å²) in [7, 11) is 0. The first-order chi connectivity index (χ1) is 36.7. The van der Waals surface area contributed by atoms with Gasteiger partial charge in [0.1, 0.15) is 0 Å². The van der Waals surface area contributed by atoms with Gasteiger partial charge in [-0.05, 0) is 64.2 Å². The molecule has 0 aliphatic rings. The highest BCUT2D eigenvalue weighted by Crippen LogP contribution is 2.18. The lowest BCUT2D eigenvalue weighted by molar-refractivity contribution is -0.123. The highest BCUT2D eigenvalue weighted by atomic mass is 16.3. The maximum absolute atomic E-state index is 12.5. The Morgan fingerprint density at radius 1 is 0.324 bits per heavy atom. The van der Waals surface area contributed by atoms with E-state index in [0.29, 0.717) is 6.42 Å². The van der Waals surface area contributed by atoms with E-state index in [4.69, 9.17) is 0 Å². The summed E-state index contributed by atoms with van der Waals surface area (Å²) in [6, 6.07) is -0.639. The molecule has 0 aliphatic carbocycles. The Kier molecular flexibility index (Phi) is 64.2. The van der Waals surface area contributed by atoms with Crippen LogP contribution in [0.15, 0.2) is 48.6 Å². The van der Waals surface area contributed by atoms with E-state index in [1.807, 2.05) is 6.08 Å². The van der Waals surface area contributed by atoms with Gasteiger partial charge in [-0.15, -0.1) is 0 Å². The highest BCUT2D eigenvalue weighted by molar-refractivity contribution is 5.76. The minimum absolute atomic E-state index is 0.0665. The van der Waals surface area contributed by atoms with Crippen molar-refractivity contribution in [2.75, 3.05) is 6.61 Å². The largest absolute Gasteiger partial charge is 0.394 e. The van der Waals surface area contributed by atoms with Gasteiger partial charge in [0.25, 0.3) is 0 Å². The number of carbonyl (C=O) groups excluding carboxylic acids is 1. The smallest absolute Gasteiger partial charge is 0.220 e. The van der Waals surface area contributed by atoms with Gasteiger partial charge in [-0.25, -0.2) is 0 Å². The lowest BCUT2D eigenvalue weighted by Crippen LogP contribution is -2.45. The summed E-state index contributed by atoms with van der Waals surface area (Å²) < 4.78 is 0.